The third-order valence-corrected chi connectivity index (χ3v) is 3.98. The SMILES string of the molecule is CCCC(NC(C)c1ccc(Cl)c(F)c1)c1ccccc1. The Hall–Kier alpha value is -1.38. The number of halogens is 2. The van der Waals surface area contributed by atoms with Gasteiger partial charge in [0.1, 0.15) is 5.82 Å². The zero-order valence-electron chi connectivity index (χ0n) is 12.4. The molecule has 2 aromatic rings. The van der Waals surface area contributed by atoms with Crippen LogP contribution < -0.4 is 5.32 Å². The summed E-state index contributed by atoms with van der Waals surface area (Å²) in [5, 5.41) is 3.75. The Kier molecular flexibility index (Phi) is 5.77. The minimum Gasteiger partial charge on any atom is -0.303 e. The molecule has 0 bridgehead atoms. The molecule has 0 amide bonds. The monoisotopic (exact) mass is 305 g/mol. The normalized spacial score (nSPS) is 13.9. The average Bonchev–Trinajstić information content (AvgIpc) is 2.50. The van der Waals surface area contributed by atoms with Crippen LogP contribution in [0.3, 0.4) is 0 Å². The van der Waals surface area contributed by atoms with Gasteiger partial charge in [-0.15, -0.1) is 0 Å². The van der Waals surface area contributed by atoms with Crippen molar-refractivity contribution in [1.82, 2.24) is 5.32 Å². The maximum Gasteiger partial charge on any atom is 0.142 e. The van der Waals surface area contributed by atoms with E-state index in [-0.39, 0.29) is 22.9 Å². The molecule has 0 aliphatic heterocycles. The average molecular weight is 306 g/mol. The van der Waals surface area contributed by atoms with Crippen LogP contribution in [0, 0.1) is 5.82 Å². The number of hydrogen-bond acceptors (Lipinski definition) is 1. The molecule has 2 unspecified atom stereocenters. The second-order valence-electron chi connectivity index (χ2n) is 5.31. The first-order chi connectivity index (χ1) is 10.1. The summed E-state index contributed by atoms with van der Waals surface area (Å²) >= 11 is 5.74. The molecule has 0 saturated heterocycles. The fourth-order valence-electron chi connectivity index (χ4n) is 2.50. The van der Waals surface area contributed by atoms with Crippen LogP contribution in [0.4, 0.5) is 4.39 Å². The Labute approximate surface area is 131 Å². The van der Waals surface area contributed by atoms with Crippen LogP contribution in [-0.2, 0) is 0 Å². The summed E-state index contributed by atoms with van der Waals surface area (Å²) in [5.74, 6) is -0.366. The molecule has 1 nitrogen and oxygen atoms in total. The van der Waals surface area contributed by atoms with Gasteiger partial charge in [0.2, 0.25) is 0 Å². The molecule has 0 aliphatic rings. The quantitative estimate of drug-likeness (QED) is 0.725. The molecule has 21 heavy (non-hydrogen) atoms. The molecule has 0 saturated carbocycles. The summed E-state index contributed by atoms with van der Waals surface area (Å²) in [7, 11) is 0. The minimum absolute atomic E-state index is 0.0634. The first kappa shape index (κ1) is 16.0. The van der Waals surface area contributed by atoms with E-state index in [2.05, 4.69) is 24.4 Å². The zero-order valence-corrected chi connectivity index (χ0v) is 13.2. The highest BCUT2D eigenvalue weighted by atomic mass is 35.5. The van der Waals surface area contributed by atoms with Gasteiger partial charge in [-0.1, -0.05) is 61.3 Å². The number of benzene rings is 2. The summed E-state index contributed by atoms with van der Waals surface area (Å²) in [4.78, 5) is 0. The van der Waals surface area contributed by atoms with Crippen molar-refractivity contribution in [2.45, 2.75) is 38.8 Å². The van der Waals surface area contributed by atoms with Gasteiger partial charge in [-0.3, -0.25) is 0 Å². The summed E-state index contributed by atoms with van der Waals surface area (Å²) < 4.78 is 13.6. The number of hydrogen-bond donors (Lipinski definition) is 1. The van der Waals surface area contributed by atoms with Crippen molar-refractivity contribution >= 4 is 11.6 Å². The molecule has 2 atom stereocenters. The molecular weight excluding hydrogens is 285 g/mol. The standard InChI is InChI=1S/C18H21ClFN/c1-3-7-18(14-8-5-4-6-9-14)21-13(2)15-10-11-16(19)17(20)12-15/h4-6,8-13,18,21H,3,7H2,1-2H3. The maximum atomic E-state index is 13.6. The minimum atomic E-state index is -0.366. The largest absolute Gasteiger partial charge is 0.303 e. The summed E-state index contributed by atoms with van der Waals surface area (Å²) in [5.41, 5.74) is 2.18. The van der Waals surface area contributed by atoms with Crippen molar-refractivity contribution in [2.24, 2.45) is 0 Å². The number of nitrogens with one attached hydrogen (secondary N) is 1. The fraction of sp³-hybridized carbons (Fsp3) is 0.333. The third-order valence-electron chi connectivity index (χ3n) is 3.67. The third kappa shape index (κ3) is 4.29. The predicted molar refractivity (Wildman–Crippen MR) is 87.1 cm³/mol. The molecule has 2 aromatic carbocycles. The van der Waals surface area contributed by atoms with Crippen molar-refractivity contribution in [3.05, 3.63) is 70.5 Å². The van der Waals surface area contributed by atoms with Gasteiger partial charge >= 0.3 is 0 Å². The van der Waals surface area contributed by atoms with Crippen LogP contribution in [0.15, 0.2) is 48.5 Å². The zero-order chi connectivity index (χ0) is 15.2. The lowest BCUT2D eigenvalue weighted by molar-refractivity contribution is 0.438. The van der Waals surface area contributed by atoms with Gasteiger partial charge in [-0.2, -0.15) is 0 Å². The van der Waals surface area contributed by atoms with Crippen LogP contribution >= 0.6 is 11.6 Å². The van der Waals surface area contributed by atoms with Crippen LogP contribution in [0.1, 0.15) is 49.9 Å². The van der Waals surface area contributed by atoms with E-state index in [1.165, 1.54) is 11.6 Å². The molecule has 0 aromatic heterocycles. The van der Waals surface area contributed by atoms with E-state index in [1.54, 1.807) is 6.07 Å². The van der Waals surface area contributed by atoms with Gasteiger partial charge in [0.15, 0.2) is 0 Å². The number of rotatable bonds is 6. The summed E-state index contributed by atoms with van der Waals surface area (Å²) in [6.07, 6.45) is 2.14. The van der Waals surface area contributed by atoms with E-state index in [1.807, 2.05) is 31.2 Å². The molecule has 112 valence electrons. The molecular formula is C18H21ClFN. The molecule has 0 spiro atoms. The van der Waals surface area contributed by atoms with Crippen LogP contribution in [-0.4, -0.2) is 0 Å². The van der Waals surface area contributed by atoms with E-state index in [4.69, 9.17) is 11.6 Å². The Bertz CT molecular complexity index is 571. The van der Waals surface area contributed by atoms with Gasteiger partial charge in [0, 0.05) is 12.1 Å². The van der Waals surface area contributed by atoms with Crippen molar-refractivity contribution in [2.75, 3.05) is 0 Å². The molecule has 0 radical (unpaired) electrons. The van der Waals surface area contributed by atoms with Gasteiger partial charge in [-0.05, 0) is 36.6 Å². The Morgan fingerprint density at radius 1 is 1.10 bits per heavy atom. The Morgan fingerprint density at radius 3 is 2.43 bits per heavy atom. The summed E-state index contributed by atoms with van der Waals surface area (Å²) in [6, 6.07) is 15.7. The smallest absolute Gasteiger partial charge is 0.142 e. The Morgan fingerprint density at radius 2 is 1.81 bits per heavy atom. The van der Waals surface area contributed by atoms with Crippen molar-refractivity contribution in [3.8, 4) is 0 Å². The van der Waals surface area contributed by atoms with Crippen molar-refractivity contribution < 1.29 is 4.39 Å². The van der Waals surface area contributed by atoms with Crippen LogP contribution in [0.5, 0.6) is 0 Å². The first-order valence-corrected chi connectivity index (χ1v) is 7.75. The molecule has 2 rings (SSSR count). The highest BCUT2D eigenvalue weighted by Gasteiger charge is 2.15. The highest BCUT2D eigenvalue weighted by molar-refractivity contribution is 6.30. The first-order valence-electron chi connectivity index (χ1n) is 7.37. The molecule has 1 N–H and O–H groups in total. The fourth-order valence-corrected chi connectivity index (χ4v) is 2.62. The van der Waals surface area contributed by atoms with Gasteiger partial charge in [-0.25, -0.2) is 4.39 Å². The predicted octanol–water partition coefficient (Wildman–Crippen LogP) is 5.67. The molecule has 0 fully saturated rings. The lowest BCUT2D eigenvalue weighted by atomic mass is 9.99. The van der Waals surface area contributed by atoms with E-state index < -0.39 is 0 Å². The second-order valence-corrected chi connectivity index (χ2v) is 5.72. The van der Waals surface area contributed by atoms with Crippen LogP contribution in [0.25, 0.3) is 0 Å². The van der Waals surface area contributed by atoms with Crippen LogP contribution in [0.2, 0.25) is 5.02 Å². The Balaban J connectivity index is 2.14. The van der Waals surface area contributed by atoms with Gasteiger partial charge in [0.25, 0.3) is 0 Å². The van der Waals surface area contributed by atoms with E-state index >= 15 is 0 Å². The lowest BCUT2D eigenvalue weighted by Gasteiger charge is -2.24. The molecule has 0 aliphatic carbocycles. The maximum absolute atomic E-state index is 13.6. The second kappa shape index (κ2) is 7.58. The van der Waals surface area contributed by atoms with Gasteiger partial charge in [0.05, 0.1) is 5.02 Å². The highest BCUT2D eigenvalue weighted by Crippen LogP contribution is 2.25. The molecule has 3 heteroatoms. The van der Waals surface area contributed by atoms with E-state index in [0.717, 1.165) is 18.4 Å². The van der Waals surface area contributed by atoms with Gasteiger partial charge < -0.3 is 5.32 Å². The topological polar surface area (TPSA) is 12.0 Å². The lowest BCUT2D eigenvalue weighted by Crippen LogP contribution is -2.24. The van der Waals surface area contributed by atoms with E-state index in [0.29, 0.717) is 0 Å². The van der Waals surface area contributed by atoms with E-state index in [9.17, 15) is 4.39 Å². The van der Waals surface area contributed by atoms with Crippen molar-refractivity contribution in [1.29, 1.82) is 0 Å². The summed E-state index contributed by atoms with van der Waals surface area (Å²) in [6.45, 7) is 4.22. The molecule has 0 heterocycles. The van der Waals surface area contributed by atoms with Crippen molar-refractivity contribution in [3.63, 3.8) is 0 Å².